The number of benzene rings is 1. The fourth-order valence-corrected chi connectivity index (χ4v) is 1.71. The predicted molar refractivity (Wildman–Crippen MR) is 61.9 cm³/mol. The number of halogens is 4. The predicted octanol–water partition coefficient (Wildman–Crippen LogP) is 2.85. The third-order valence-corrected chi connectivity index (χ3v) is 2.71. The molecule has 0 aliphatic carbocycles. The van der Waals surface area contributed by atoms with Crippen LogP contribution in [0.3, 0.4) is 0 Å². The summed E-state index contributed by atoms with van der Waals surface area (Å²) in [4.78, 5) is 11.3. The van der Waals surface area contributed by atoms with Gasteiger partial charge in [-0.15, -0.1) is 13.2 Å². The zero-order chi connectivity index (χ0) is 13.9. The molecule has 0 aliphatic heterocycles. The first-order valence-electron chi connectivity index (χ1n) is 4.36. The molecule has 96 valence electrons. The van der Waals surface area contributed by atoms with Gasteiger partial charge in [-0.05, 0) is 28.7 Å². The fraction of sp³-hybridized carbons (Fsp3) is 0.200. The van der Waals surface area contributed by atoms with Gasteiger partial charge < -0.3 is 9.47 Å². The second-order valence-corrected chi connectivity index (χ2v) is 4.14. The van der Waals surface area contributed by atoms with Crippen molar-refractivity contribution in [2.75, 3.05) is 7.11 Å². The molecule has 0 fully saturated rings. The van der Waals surface area contributed by atoms with Gasteiger partial charge in [0.05, 0.1) is 12.7 Å². The highest BCUT2D eigenvalue weighted by Crippen LogP contribution is 2.30. The summed E-state index contributed by atoms with van der Waals surface area (Å²) < 4.78 is 44.9. The van der Waals surface area contributed by atoms with Crippen LogP contribution in [-0.4, -0.2) is 19.4 Å². The van der Waals surface area contributed by atoms with Gasteiger partial charge in [-0.25, -0.2) is 4.79 Å². The molecule has 0 atom stereocenters. The molecule has 0 unspecified atom stereocenters. The number of esters is 1. The van der Waals surface area contributed by atoms with Crippen molar-refractivity contribution in [2.24, 2.45) is 0 Å². The van der Waals surface area contributed by atoms with Crippen LogP contribution in [-0.2, 0) is 4.74 Å². The molecule has 0 aliphatic rings. The molecular formula is C10H5F3INO3. The summed E-state index contributed by atoms with van der Waals surface area (Å²) in [6.07, 6.45) is -4.96. The minimum absolute atomic E-state index is 0.0255. The molecule has 0 N–H and O–H groups in total. The molecule has 4 nitrogen and oxygen atoms in total. The van der Waals surface area contributed by atoms with E-state index in [-0.39, 0.29) is 5.56 Å². The normalized spacial score (nSPS) is 10.7. The number of carbonyl (C=O) groups is 1. The van der Waals surface area contributed by atoms with E-state index in [9.17, 15) is 18.0 Å². The van der Waals surface area contributed by atoms with Crippen LogP contribution in [0.5, 0.6) is 5.75 Å². The van der Waals surface area contributed by atoms with Gasteiger partial charge in [0.1, 0.15) is 17.4 Å². The lowest BCUT2D eigenvalue weighted by Crippen LogP contribution is -2.19. The van der Waals surface area contributed by atoms with Gasteiger partial charge in [0.2, 0.25) is 0 Å². The van der Waals surface area contributed by atoms with Gasteiger partial charge in [-0.2, -0.15) is 5.26 Å². The molecule has 1 aromatic rings. The van der Waals surface area contributed by atoms with E-state index in [0.29, 0.717) is 3.57 Å². The lowest BCUT2D eigenvalue weighted by Gasteiger charge is -2.13. The standard InChI is InChI=1S/C10H5F3INO3/c1-17-9(16)6-3-7(14)5(4-15)2-8(6)18-10(11,12)13/h2-3H,1H3. The van der Waals surface area contributed by atoms with E-state index in [4.69, 9.17) is 5.26 Å². The monoisotopic (exact) mass is 371 g/mol. The van der Waals surface area contributed by atoms with E-state index in [1.807, 2.05) is 0 Å². The molecule has 0 aromatic heterocycles. The van der Waals surface area contributed by atoms with E-state index in [1.165, 1.54) is 0 Å². The highest BCUT2D eigenvalue weighted by molar-refractivity contribution is 14.1. The smallest absolute Gasteiger partial charge is 0.465 e. The quantitative estimate of drug-likeness (QED) is 0.593. The summed E-state index contributed by atoms with van der Waals surface area (Å²) >= 11 is 1.72. The lowest BCUT2D eigenvalue weighted by molar-refractivity contribution is -0.274. The molecule has 0 saturated heterocycles. The molecule has 0 saturated carbocycles. The highest BCUT2D eigenvalue weighted by atomic mass is 127. The topological polar surface area (TPSA) is 59.3 Å². The van der Waals surface area contributed by atoms with Crippen LogP contribution in [0.2, 0.25) is 0 Å². The minimum atomic E-state index is -4.96. The molecule has 0 spiro atoms. The van der Waals surface area contributed by atoms with Gasteiger partial charge in [0.25, 0.3) is 0 Å². The Bertz CT molecular complexity index is 522. The van der Waals surface area contributed by atoms with Crippen molar-refractivity contribution in [1.29, 1.82) is 5.26 Å². The second kappa shape index (κ2) is 5.43. The van der Waals surface area contributed by atoms with Crippen molar-refractivity contribution in [1.82, 2.24) is 0 Å². The summed E-state index contributed by atoms with van der Waals surface area (Å²) in [5.74, 6) is -1.73. The Morgan fingerprint density at radius 1 is 1.44 bits per heavy atom. The van der Waals surface area contributed by atoms with Crippen molar-refractivity contribution in [3.05, 3.63) is 26.8 Å². The van der Waals surface area contributed by atoms with Crippen LogP contribution in [0, 0.1) is 14.9 Å². The van der Waals surface area contributed by atoms with E-state index < -0.39 is 23.6 Å². The van der Waals surface area contributed by atoms with E-state index >= 15 is 0 Å². The average Bonchev–Trinajstić information content (AvgIpc) is 2.28. The zero-order valence-electron chi connectivity index (χ0n) is 8.84. The average molecular weight is 371 g/mol. The summed E-state index contributed by atoms with van der Waals surface area (Å²) in [5, 5.41) is 8.72. The lowest BCUT2D eigenvalue weighted by atomic mass is 10.1. The molecule has 0 amide bonds. The first-order chi connectivity index (χ1) is 8.28. The largest absolute Gasteiger partial charge is 0.573 e. The Kier molecular flexibility index (Phi) is 4.39. The van der Waals surface area contributed by atoms with Crippen molar-refractivity contribution in [3.63, 3.8) is 0 Å². The number of hydrogen-bond acceptors (Lipinski definition) is 4. The highest BCUT2D eigenvalue weighted by Gasteiger charge is 2.33. The molecule has 0 heterocycles. The number of hydrogen-bond donors (Lipinski definition) is 0. The van der Waals surface area contributed by atoms with Crippen LogP contribution in [0.15, 0.2) is 12.1 Å². The van der Waals surface area contributed by atoms with Crippen molar-refractivity contribution >= 4 is 28.6 Å². The molecule has 0 bridgehead atoms. The van der Waals surface area contributed by atoms with Gasteiger partial charge in [-0.1, -0.05) is 0 Å². The summed E-state index contributed by atoms with van der Waals surface area (Å²) in [5.41, 5.74) is -0.416. The maximum Gasteiger partial charge on any atom is 0.573 e. The van der Waals surface area contributed by atoms with Crippen LogP contribution in [0.1, 0.15) is 15.9 Å². The molecule has 18 heavy (non-hydrogen) atoms. The number of alkyl halides is 3. The van der Waals surface area contributed by atoms with Crippen molar-refractivity contribution in [2.45, 2.75) is 6.36 Å². The number of nitriles is 1. The maximum atomic E-state index is 12.2. The third-order valence-electron chi connectivity index (χ3n) is 1.82. The van der Waals surface area contributed by atoms with Gasteiger partial charge >= 0.3 is 12.3 Å². The Morgan fingerprint density at radius 2 is 2.06 bits per heavy atom. The molecule has 1 rings (SSSR count). The maximum absolute atomic E-state index is 12.2. The third kappa shape index (κ3) is 3.49. The van der Waals surface area contributed by atoms with Crippen LogP contribution in [0.25, 0.3) is 0 Å². The number of ether oxygens (including phenoxy) is 2. The number of carbonyl (C=O) groups excluding carboxylic acids is 1. The molecule has 0 radical (unpaired) electrons. The van der Waals surface area contributed by atoms with E-state index in [0.717, 1.165) is 19.2 Å². The minimum Gasteiger partial charge on any atom is -0.465 e. The second-order valence-electron chi connectivity index (χ2n) is 2.98. The first-order valence-corrected chi connectivity index (χ1v) is 5.44. The van der Waals surface area contributed by atoms with E-state index in [1.54, 1.807) is 28.7 Å². The fourth-order valence-electron chi connectivity index (χ4n) is 1.12. The van der Waals surface area contributed by atoms with Gasteiger partial charge in [-0.3, -0.25) is 0 Å². The van der Waals surface area contributed by atoms with Crippen molar-refractivity contribution < 1.29 is 27.4 Å². The SMILES string of the molecule is COC(=O)c1cc(I)c(C#N)cc1OC(F)(F)F. The van der Waals surface area contributed by atoms with Gasteiger partial charge in [0.15, 0.2) is 0 Å². The van der Waals surface area contributed by atoms with Gasteiger partial charge in [0, 0.05) is 9.64 Å². The van der Waals surface area contributed by atoms with E-state index in [2.05, 4.69) is 9.47 Å². The summed E-state index contributed by atoms with van der Waals surface area (Å²) in [6.45, 7) is 0. The van der Waals surface area contributed by atoms with Crippen LogP contribution in [0.4, 0.5) is 13.2 Å². The summed E-state index contributed by atoms with van der Waals surface area (Å²) in [6, 6.07) is 3.65. The Balaban J connectivity index is 3.36. The van der Waals surface area contributed by atoms with Crippen LogP contribution >= 0.6 is 22.6 Å². The first kappa shape index (κ1) is 14.6. The Morgan fingerprint density at radius 3 is 2.50 bits per heavy atom. The Hall–Kier alpha value is -1.50. The zero-order valence-corrected chi connectivity index (χ0v) is 11.0. The molecule has 8 heteroatoms. The number of rotatable bonds is 2. The molecular weight excluding hydrogens is 366 g/mol. The number of methoxy groups -OCH3 is 1. The van der Waals surface area contributed by atoms with Crippen molar-refractivity contribution in [3.8, 4) is 11.8 Å². The van der Waals surface area contributed by atoms with Crippen LogP contribution < -0.4 is 4.74 Å². The molecule has 1 aromatic carbocycles. The number of nitrogens with zero attached hydrogens (tertiary/aromatic N) is 1. The Labute approximate surface area is 113 Å². The summed E-state index contributed by atoms with van der Waals surface area (Å²) in [7, 11) is 1.03.